The van der Waals surface area contributed by atoms with Gasteiger partial charge in [-0.3, -0.25) is 0 Å². The Morgan fingerprint density at radius 3 is 2.52 bits per heavy atom. The van der Waals surface area contributed by atoms with Gasteiger partial charge in [-0.05, 0) is 43.6 Å². The maximum absolute atomic E-state index is 6.01. The molecule has 2 aromatic rings. The van der Waals surface area contributed by atoms with Crippen LogP contribution in [0.1, 0.15) is 25.3 Å². The van der Waals surface area contributed by atoms with Crippen LogP contribution in [0.5, 0.6) is 0 Å². The average Bonchev–Trinajstić information content (AvgIpc) is 2.85. The van der Waals surface area contributed by atoms with E-state index in [9.17, 15) is 0 Å². The minimum absolute atomic E-state index is 0.618. The Kier molecular flexibility index (Phi) is 6.42. The van der Waals surface area contributed by atoms with Crippen molar-refractivity contribution in [3.05, 3.63) is 33.3 Å². The number of benzene rings is 1. The molecule has 1 heterocycles. The lowest BCUT2D eigenvalue weighted by Crippen LogP contribution is -2.21. The average molecular weight is 344 g/mol. The van der Waals surface area contributed by atoms with E-state index in [-0.39, 0.29) is 0 Å². The maximum atomic E-state index is 6.01. The van der Waals surface area contributed by atoms with Crippen LogP contribution in [-0.2, 0) is 6.42 Å². The van der Waals surface area contributed by atoms with Gasteiger partial charge in [-0.15, -0.1) is 10.2 Å². The van der Waals surface area contributed by atoms with Crippen LogP contribution < -0.4 is 5.32 Å². The summed E-state index contributed by atoms with van der Waals surface area (Å²) < 4.78 is 0. The molecule has 1 aromatic carbocycles. The molecule has 1 N–H and O–H groups in total. The zero-order valence-electron chi connectivity index (χ0n) is 12.2. The van der Waals surface area contributed by atoms with Crippen molar-refractivity contribution in [2.45, 2.75) is 26.7 Å². The van der Waals surface area contributed by atoms with E-state index in [1.54, 1.807) is 17.4 Å². The van der Waals surface area contributed by atoms with Crippen molar-refractivity contribution in [2.75, 3.05) is 13.1 Å². The zero-order valence-corrected chi connectivity index (χ0v) is 14.5. The standard InChI is InChI=1S/C15H19Cl2N3S/c1-10(2)9-18-5-3-4-14-19-20-15(21-14)11-6-12(16)8-13(17)7-11/h6-8,10,18H,3-5,9H2,1-2H3. The van der Waals surface area contributed by atoms with Crippen LogP contribution in [0.4, 0.5) is 0 Å². The molecule has 6 heteroatoms. The number of hydrogen-bond acceptors (Lipinski definition) is 4. The molecular weight excluding hydrogens is 325 g/mol. The molecule has 0 atom stereocenters. The molecule has 21 heavy (non-hydrogen) atoms. The number of aromatic nitrogens is 2. The molecule has 114 valence electrons. The number of nitrogens with one attached hydrogen (secondary N) is 1. The lowest BCUT2D eigenvalue weighted by atomic mass is 10.2. The number of hydrogen-bond donors (Lipinski definition) is 1. The van der Waals surface area contributed by atoms with Gasteiger partial charge in [-0.2, -0.15) is 0 Å². The highest BCUT2D eigenvalue weighted by atomic mass is 35.5. The SMILES string of the molecule is CC(C)CNCCCc1nnc(-c2cc(Cl)cc(Cl)c2)s1. The highest BCUT2D eigenvalue weighted by Gasteiger charge is 2.08. The molecule has 0 aliphatic carbocycles. The van der Waals surface area contributed by atoms with Crippen LogP contribution in [-0.4, -0.2) is 23.3 Å². The van der Waals surface area contributed by atoms with Crippen LogP contribution in [0, 0.1) is 5.92 Å². The highest BCUT2D eigenvalue weighted by Crippen LogP contribution is 2.29. The summed E-state index contributed by atoms with van der Waals surface area (Å²) in [4.78, 5) is 0. The Hall–Kier alpha value is -0.680. The molecule has 0 aliphatic heterocycles. The van der Waals surface area contributed by atoms with Crippen molar-refractivity contribution >= 4 is 34.5 Å². The predicted octanol–water partition coefficient (Wildman–Crippen LogP) is 4.69. The summed E-state index contributed by atoms with van der Waals surface area (Å²) in [6, 6.07) is 5.44. The van der Waals surface area contributed by atoms with E-state index in [1.165, 1.54) is 0 Å². The Morgan fingerprint density at radius 2 is 1.86 bits per heavy atom. The molecule has 0 amide bonds. The molecule has 0 bridgehead atoms. The lowest BCUT2D eigenvalue weighted by molar-refractivity contribution is 0.542. The Labute approximate surface area is 139 Å². The van der Waals surface area contributed by atoms with E-state index in [1.807, 2.05) is 12.1 Å². The summed E-state index contributed by atoms with van der Waals surface area (Å²) in [5, 5.41) is 15.0. The topological polar surface area (TPSA) is 37.8 Å². The number of aryl methyl sites for hydroxylation is 1. The Morgan fingerprint density at radius 1 is 1.14 bits per heavy atom. The summed E-state index contributed by atoms with van der Waals surface area (Å²) in [5.41, 5.74) is 0.925. The minimum atomic E-state index is 0.618. The summed E-state index contributed by atoms with van der Waals surface area (Å²) in [5.74, 6) is 0.686. The molecule has 3 nitrogen and oxygen atoms in total. The third-order valence-corrected chi connectivity index (χ3v) is 4.34. The number of rotatable bonds is 7. The van der Waals surface area contributed by atoms with Crippen molar-refractivity contribution in [1.29, 1.82) is 0 Å². The molecule has 0 fully saturated rings. The first-order valence-electron chi connectivity index (χ1n) is 7.04. The van der Waals surface area contributed by atoms with E-state index >= 15 is 0 Å². The van der Waals surface area contributed by atoms with Crippen molar-refractivity contribution in [3.63, 3.8) is 0 Å². The molecule has 0 unspecified atom stereocenters. The largest absolute Gasteiger partial charge is 0.316 e. The molecule has 1 aromatic heterocycles. The zero-order chi connectivity index (χ0) is 15.2. The maximum Gasteiger partial charge on any atom is 0.147 e. The quantitative estimate of drug-likeness (QED) is 0.741. The first kappa shape index (κ1) is 16.7. The smallest absolute Gasteiger partial charge is 0.147 e. The van der Waals surface area contributed by atoms with Gasteiger partial charge in [0.2, 0.25) is 0 Å². The van der Waals surface area contributed by atoms with Crippen LogP contribution in [0.25, 0.3) is 10.6 Å². The normalized spacial score (nSPS) is 11.3. The van der Waals surface area contributed by atoms with E-state index in [2.05, 4.69) is 29.4 Å². The number of halogens is 2. The van der Waals surface area contributed by atoms with Gasteiger partial charge in [-0.25, -0.2) is 0 Å². The van der Waals surface area contributed by atoms with Gasteiger partial charge in [-0.1, -0.05) is 48.4 Å². The monoisotopic (exact) mass is 343 g/mol. The van der Waals surface area contributed by atoms with Crippen LogP contribution >= 0.6 is 34.5 Å². The fourth-order valence-corrected chi connectivity index (χ4v) is 3.30. The molecule has 0 saturated heterocycles. The van der Waals surface area contributed by atoms with Gasteiger partial charge >= 0.3 is 0 Å². The van der Waals surface area contributed by atoms with Gasteiger partial charge in [0.15, 0.2) is 0 Å². The van der Waals surface area contributed by atoms with E-state index < -0.39 is 0 Å². The second kappa shape index (κ2) is 8.08. The van der Waals surface area contributed by atoms with Gasteiger partial charge < -0.3 is 5.32 Å². The van der Waals surface area contributed by atoms with Crippen LogP contribution in [0.15, 0.2) is 18.2 Å². The molecular formula is C15H19Cl2N3S. The number of nitrogens with zero attached hydrogens (tertiary/aromatic N) is 2. The molecule has 0 radical (unpaired) electrons. The van der Waals surface area contributed by atoms with Crippen LogP contribution in [0.3, 0.4) is 0 Å². The fraction of sp³-hybridized carbons (Fsp3) is 0.467. The van der Waals surface area contributed by atoms with E-state index in [0.29, 0.717) is 16.0 Å². The van der Waals surface area contributed by atoms with E-state index in [4.69, 9.17) is 23.2 Å². The summed E-state index contributed by atoms with van der Waals surface area (Å²) >= 11 is 13.6. The van der Waals surface area contributed by atoms with Crippen molar-refractivity contribution in [3.8, 4) is 10.6 Å². The second-order valence-corrected chi connectivity index (χ2v) is 7.30. The van der Waals surface area contributed by atoms with Crippen molar-refractivity contribution in [1.82, 2.24) is 15.5 Å². The molecule has 2 rings (SSSR count). The van der Waals surface area contributed by atoms with Crippen molar-refractivity contribution < 1.29 is 0 Å². The molecule has 0 saturated carbocycles. The minimum Gasteiger partial charge on any atom is -0.316 e. The Balaban J connectivity index is 1.89. The summed E-state index contributed by atoms with van der Waals surface area (Å²) in [7, 11) is 0. The third kappa shape index (κ3) is 5.55. The van der Waals surface area contributed by atoms with Gasteiger partial charge in [0, 0.05) is 22.0 Å². The van der Waals surface area contributed by atoms with E-state index in [0.717, 1.165) is 41.5 Å². The molecule has 0 spiro atoms. The fourth-order valence-electron chi connectivity index (χ4n) is 1.90. The third-order valence-electron chi connectivity index (χ3n) is 2.87. The van der Waals surface area contributed by atoms with Gasteiger partial charge in [0.25, 0.3) is 0 Å². The second-order valence-electron chi connectivity index (χ2n) is 5.36. The summed E-state index contributed by atoms with van der Waals surface area (Å²) in [6.07, 6.45) is 2.01. The van der Waals surface area contributed by atoms with Gasteiger partial charge in [0.05, 0.1) is 0 Å². The van der Waals surface area contributed by atoms with Crippen LogP contribution in [0.2, 0.25) is 10.0 Å². The first-order valence-corrected chi connectivity index (χ1v) is 8.61. The Bertz CT molecular complexity index is 564. The van der Waals surface area contributed by atoms with Crippen molar-refractivity contribution in [2.24, 2.45) is 5.92 Å². The lowest BCUT2D eigenvalue weighted by Gasteiger charge is -2.05. The predicted molar refractivity (Wildman–Crippen MR) is 91.4 cm³/mol. The highest BCUT2D eigenvalue weighted by molar-refractivity contribution is 7.14. The summed E-state index contributed by atoms with van der Waals surface area (Å²) in [6.45, 7) is 6.48. The first-order chi connectivity index (χ1) is 10.0. The van der Waals surface area contributed by atoms with Gasteiger partial charge in [0.1, 0.15) is 10.0 Å². The molecule has 0 aliphatic rings.